The molecule has 0 saturated heterocycles. The molecule has 0 radical (unpaired) electrons. The van der Waals surface area contributed by atoms with Gasteiger partial charge < -0.3 is 9.53 Å². The lowest BCUT2D eigenvalue weighted by atomic mass is 9.85. The van der Waals surface area contributed by atoms with E-state index in [2.05, 4.69) is 41.9 Å². The summed E-state index contributed by atoms with van der Waals surface area (Å²) in [4.78, 5) is 10.7. The van der Waals surface area contributed by atoms with Crippen LogP contribution in [0.4, 0.5) is 0 Å². The molecular formula is C14H17BrO2. The predicted octanol–water partition coefficient (Wildman–Crippen LogP) is 3.50. The van der Waals surface area contributed by atoms with E-state index < -0.39 is 0 Å². The molecule has 1 aromatic carbocycles. The van der Waals surface area contributed by atoms with Crippen LogP contribution < -0.4 is 4.74 Å². The van der Waals surface area contributed by atoms with Crippen molar-refractivity contribution in [3.05, 3.63) is 27.7 Å². The summed E-state index contributed by atoms with van der Waals surface area (Å²) >= 11 is 3.55. The number of rotatable bonds is 3. The molecule has 0 saturated carbocycles. The summed E-state index contributed by atoms with van der Waals surface area (Å²) in [6, 6.07) is 4.23. The average molecular weight is 297 g/mol. The van der Waals surface area contributed by atoms with Gasteiger partial charge in [0.05, 0.1) is 11.1 Å². The standard InChI is InChI=1S/C14H17BrO2/c1-9(7-16)4-10-5-11-13(12(15)6-10)17-8-14(11,2)3/h5-7,9H,4,8H2,1-3H3. The fraction of sp³-hybridized carbons (Fsp3) is 0.500. The Morgan fingerprint density at radius 2 is 2.24 bits per heavy atom. The van der Waals surface area contributed by atoms with Crippen molar-refractivity contribution >= 4 is 22.2 Å². The first-order valence-corrected chi connectivity index (χ1v) is 6.64. The van der Waals surface area contributed by atoms with E-state index in [9.17, 15) is 4.79 Å². The number of carbonyl (C=O) groups excluding carboxylic acids is 1. The molecule has 1 atom stereocenters. The number of aldehydes is 1. The highest BCUT2D eigenvalue weighted by molar-refractivity contribution is 9.10. The minimum Gasteiger partial charge on any atom is -0.491 e. The molecule has 0 aliphatic carbocycles. The molecule has 0 amide bonds. The number of halogens is 1. The lowest BCUT2D eigenvalue weighted by molar-refractivity contribution is -0.110. The Kier molecular flexibility index (Phi) is 3.30. The van der Waals surface area contributed by atoms with E-state index >= 15 is 0 Å². The minimum absolute atomic E-state index is 0.0538. The van der Waals surface area contributed by atoms with Crippen LogP contribution in [0, 0.1) is 5.92 Å². The Hall–Kier alpha value is -0.830. The van der Waals surface area contributed by atoms with Gasteiger partial charge in [0.1, 0.15) is 12.0 Å². The van der Waals surface area contributed by atoms with E-state index in [1.54, 1.807) is 0 Å². The first-order chi connectivity index (χ1) is 7.94. The first kappa shape index (κ1) is 12.6. The SMILES string of the molecule is CC(C=O)Cc1cc(Br)c2c(c1)C(C)(C)CO2. The average Bonchev–Trinajstić information content (AvgIpc) is 2.55. The minimum atomic E-state index is 0.0538. The molecule has 17 heavy (non-hydrogen) atoms. The quantitative estimate of drug-likeness (QED) is 0.798. The summed E-state index contributed by atoms with van der Waals surface area (Å²) in [5.74, 6) is 1.02. The summed E-state index contributed by atoms with van der Waals surface area (Å²) < 4.78 is 6.71. The Balaban J connectivity index is 2.39. The maximum atomic E-state index is 10.7. The van der Waals surface area contributed by atoms with Gasteiger partial charge >= 0.3 is 0 Å². The summed E-state index contributed by atoms with van der Waals surface area (Å²) in [6.07, 6.45) is 1.79. The number of carbonyl (C=O) groups is 1. The van der Waals surface area contributed by atoms with E-state index in [-0.39, 0.29) is 11.3 Å². The Labute approximate surface area is 110 Å². The van der Waals surface area contributed by atoms with Crippen LogP contribution in [0.25, 0.3) is 0 Å². The van der Waals surface area contributed by atoms with Gasteiger partial charge in [0.25, 0.3) is 0 Å². The molecule has 0 fully saturated rings. The Bertz CT molecular complexity index is 452. The summed E-state index contributed by atoms with van der Waals surface area (Å²) in [5.41, 5.74) is 2.48. The highest BCUT2D eigenvalue weighted by Crippen LogP contribution is 2.43. The van der Waals surface area contributed by atoms with Gasteiger partial charge in [-0.05, 0) is 34.0 Å². The van der Waals surface area contributed by atoms with Crippen LogP contribution in [0.15, 0.2) is 16.6 Å². The molecule has 0 spiro atoms. The van der Waals surface area contributed by atoms with Crippen LogP contribution in [0.5, 0.6) is 5.75 Å². The zero-order valence-corrected chi connectivity index (χ0v) is 12.0. The topological polar surface area (TPSA) is 26.3 Å². The first-order valence-electron chi connectivity index (χ1n) is 5.85. The van der Waals surface area contributed by atoms with Crippen molar-refractivity contribution in [2.75, 3.05) is 6.61 Å². The van der Waals surface area contributed by atoms with Crippen molar-refractivity contribution in [2.45, 2.75) is 32.6 Å². The van der Waals surface area contributed by atoms with Crippen LogP contribution in [-0.2, 0) is 16.6 Å². The van der Waals surface area contributed by atoms with Crippen LogP contribution in [-0.4, -0.2) is 12.9 Å². The van der Waals surface area contributed by atoms with Gasteiger partial charge in [0.2, 0.25) is 0 Å². The molecule has 92 valence electrons. The lowest BCUT2D eigenvalue weighted by Gasteiger charge is -2.16. The van der Waals surface area contributed by atoms with Gasteiger partial charge in [-0.25, -0.2) is 0 Å². The van der Waals surface area contributed by atoms with Crippen molar-refractivity contribution in [2.24, 2.45) is 5.92 Å². The van der Waals surface area contributed by atoms with Crippen molar-refractivity contribution in [1.29, 1.82) is 0 Å². The van der Waals surface area contributed by atoms with Crippen molar-refractivity contribution in [3.8, 4) is 5.75 Å². The van der Waals surface area contributed by atoms with Crippen molar-refractivity contribution < 1.29 is 9.53 Å². The normalized spacial score (nSPS) is 18.4. The van der Waals surface area contributed by atoms with Gasteiger partial charge in [-0.3, -0.25) is 0 Å². The number of hydrogen-bond donors (Lipinski definition) is 0. The van der Waals surface area contributed by atoms with Crippen LogP contribution >= 0.6 is 15.9 Å². The van der Waals surface area contributed by atoms with E-state index in [1.807, 2.05) is 6.92 Å². The van der Waals surface area contributed by atoms with Crippen LogP contribution in [0.3, 0.4) is 0 Å². The molecule has 2 nitrogen and oxygen atoms in total. The fourth-order valence-corrected chi connectivity index (χ4v) is 2.79. The summed E-state index contributed by atoms with van der Waals surface area (Å²) in [5, 5.41) is 0. The third-order valence-corrected chi connectivity index (χ3v) is 3.79. The van der Waals surface area contributed by atoms with E-state index in [0.717, 1.165) is 22.9 Å². The van der Waals surface area contributed by atoms with Crippen molar-refractivity contribution in [3.63, 3.8) is 0 Å². The zero-order chi connectivity index (χ0) is 12.6. The Morgan fingerprint density at radius 1 is 1.53 bits per heavy atom. The maximum Gasteiger partial charge on any atom is 0.137 e. The summed E-state index contributed by atoms with van der Waals surface area (Å²) in [6.45, 7) is 7.01. The van der Waals surface area contributed by atoms with Crippen LogP contribution in [0.2, 0.25) is 0 Å². The molecule has 1 aromatic rings. The van der Waals surface area contributed by atoms with E-state index in [0.29, 0.717) is 6.61 Å². The third-order valence-electron chi connectivity index (χ3n) is 3.20. The van der Waals surface area contributed by atoms with Gasteiger partial charge in [-0.1, -0.05) is 26.8 Å². The molecular weight excluding hydrogens is 280 g/mol. The van der Waals surface area contributed by atoms with Gasteiger partial charge in [-0.2, -0.15) is 0 Å². The monoisotopic (exact) mass is 296 g/mol. The molecule has 1 heterocycles. The molecule has 0 bridgehead atoms. The lowest BCUT2D eigenvalue weighted by Crippen LogP contribution is -2.18. The highest BCUT2D eigenvalue weighted by atomic mass is 79.9. The number of fused-ring (bicyclic) bond motifs is 1. The van der Waals surface area contributed by atoms with Gasteiger partial charge in [0.15, 0.2) is 0 Å². The van der Waals surface area contributed by atoms with E-state index in [4.69, 9.17) is 4.74 Å². The second-order valence-electron chi connectivity index (χ2n) is 5.44. The molecule has 1 unspecified atom stereocenters. The molecule has 0 N–H and O–H groups in total. The smallest absolute Gasteiger partial charge is 0.137 e. The van der Waals surface area contributed by atoms with Crippen molar-refractivity contribution in [1.82, 2.24) is 0 Å². The second-order valence-corrected chi connectivity index (χ2v) is 6.30. The van der Waals surface area contributed by atoms with Gasteiger partial charge in [-0.15, -0.1) is 0 Å². The van der Waals surface area contributed by atoms with E-state index in [1.165, 1.54) is 11.1 Å². The molecule has 0 aromatic heterocycles. The molecule has 2 rings (SSSR count). The highest BCUT2D eigenvalue weighted by Gasteiger charge is 2.33. The van der Waals surface area contributed by atoms with Gasteiger partial charge in [0, 0.05) is 16.9 Å². The molecule has 1 aliphatic heterocycles. The van der Waals surface area contributed by atoms with Crippen LogP contribution in [0.1, 0.15) is 31.9 Å². The second kappa shape index (κ2) is 4.45. The number of ether oxygens (including phenoxy) is 1. The number of hydrogen-bond acceptors (Lipinski definition) is 2. The Morgan fingerprint density at radius 3 is 2.88 bits per heavy atom. The zero-order valence-electron chi connectivity index (χ0n) is 10.4. The number of benzene rings is 1. The predicted molar refractivity (Wildman–Crippen MR) is 71.6 cm³/mol. The maximum absolute atomic E-state index is 10.7. The molecule has 3 heteroatoms. The largest absolute Gasteiger partial charge is 0.491 e. The fourth-order valence-electron chi connectivity index (χ4n) is 2.17. The molecule has 1 aliphatic rings. The summed E-state index contributed by atoms with van der Waals surface area (Å²) in [7, 11) is 0. The third kappa shape index (κ3) is 2.39.